The molecule has 0 atom stereocenters. The lowest BCUT2D eigenvalue weighted by atomic mass is 9.76. The van der Waals surface area contributed by atoms with Gasteiger partial charge in [0.25, 0.3) is 0 Å². The summed E-state index contributed by atoms with van der Waals surface area (Å²) in [5.74, 6) is -0.350. The molecule has 0 saturated heterocycles. The van der Waals surface area contributed by atoms with Crippen LogP contribution in [0.15, 0.2) is 12.7 Å². The second-order valence-corrected chi connectivity index (χ2v) is 9.70. The number of rotatable bonds is 18. The lowest BCUT2D eigenvalue weighted by Crippen LogP contribution is -2.50. The molecule has 186 valence electrons. The van der Waals surface area contributed by atoms with E-state index in [-0.39, 0.29) is 5.78 Å². The molecule has 0 amide bonds. The minimum atomic E-state index is -4.84. The van der Waals surface area contributed by atoms with Gasteiger partial charge in [-0.1, -0.05) is 79.6 Å². The molecular formula is C25H51BF3NO. The Morgan fingerprint density at radius 1 is 0.839 bits per heavy atom. The third-order valence-corrected chi connectivity index (χ3v) is 6.05. The van der Waals surface area contributed by atoms with Crippen LogP contribution in [0.25, 0.3) is 0 Å². The number of unbranched alkanes of at least 4 members (excludes halogenated alkanes) is 4. The molecule has 0 aromatic rings. The van der Waals surface area contributed by atoms with Crippen LogP contribution >= 0.6 is 0 Å². The SMILES string of the molecule is C=CCC(C)(C)C(=O)CC[B-](F)(F)F.CCCC[N+](CCCC)(CCCC)CCCC. The first-order chi connectivity index (χ1) is 14.4. The van der Waals surface area contributed by atoms with Crippen molar-refractivity contribution in [2.24, 2.45) is 5.41 Å². The molecule has 2 nitrogen and oxygen atoms in total. The summed E-state index contributed by atoms with van der Waals surface area (Å²) < 4.78 is 37.1. The molecule has 0 spiro atoms. The van der Waals surface area contributed by atoms with Crippen LogP contribution < -0.4 is 0 Å². The maximum atomic E-state index is 11.9. The highest BCUT2D eigenvalue weighted by Crippen LogP contribution is 2.27. The number of allylic oxidation sites excluding steroid dienone is 1. The van der Waals surface area contributed by atoms with E-state index >= 15 is 0 Å². The molecule has 31 heavy (non-hydrogen) atoms. The number of ketones is 1. The number of nitrogens with zero attached hydrogens (tertiary/aromatic N) is 1. The number of Topliss-reactive ketones (excluding diaryl/α,β-unsaturated/α-hetero) is 1. The molecule has 0 radical (unpaired) electrons. The Morgan fingerprint density at radius 2 is 1.19 bits per heavy atom. The van der Waals surface area contributed by atoms with Crippen molar-refractivity contribution < 1.29 is 22.2 Å². The minimum Gasteiger partial charge on any atom is -0.449 e. The normalized spacial score (nSPS) is 12.3. The van der Waals surface area contributed by atoms with Gasteiger partial charge in [-0.2, -0.15) is 0 Å². The Bertz CT molecular complexity index is 427. The van der Waals surface area contributed by atoms with Crippen LogP contribution in [0, 0.1) is 5.41 Å². The second kappa shape index (κ2) is 17.7. The van der Waals surface area contributed by atoms with Crippen molar-refractivity contribution in [1.29, 1.82) is 0 Å². The van der Waals surface area contributed by atoms with Crippen LogP contribution in [0.2, 0.25) is 6.32 Å². The molecule has 0 rings (SSSR count). The zero-order chi connectivity index (χ0) is 24.4. The first-order valence-electron chi connectivity index (χ1n) is 12.6. The fourth-order valence-corrected chi connectivity index (χ4v) is 3.75. The van der Waals surface area contributed by atoms with Gasteiger partial charge in [0.05, 0.1) is 26.2 Å². The summed E-state index contributed by atoms with van der Waals surface area (Å²) in [5, 5.41) is 0. The number of halogens is 3. The third kappa shape index (κ3) is 17.5. The molecule has 0 bridgehead atoms. The predicted octanol–water partition coefficient (Wildman–Crippen LogP) is 8.40. The van der Waals surface area contributed by atoms with E-state index < -0.39 is 25.1 Å². The van der Waals surface area contributed by atoms with Gasteiger partial charge in [-0.25, -0.2) is 0 Å². The highest BCUT2D eigenvalue weighted by molar-refractivity contribution is 6.58. The summed E-state index contributed by atoms with van der Waals surface area (Å²) >= 11 is 0. The smallest absolute Gasteiger partial charge is 0.449 e. The summed E-state index contributed by atoms with van der Waals surface area (Å²) in [6.45, 7) is 16.9. The maximum Gasteiger partial charge on any atom is 0.478 e. The molecule has 0 aliphatic rings. The van der Waals surface area contributed by atoms with E-state index in [0.29, 0.717) is 6.42 Å². The van der Waals surface area contributed by atoms with Crippen molar-refractivity contribution in [3.05, 3.63) is 12.7 Å². The van der Waals surface area contributed by atoms with E-state index in [9.17, 15) is 17.7 Å². The second-order valence-electron chi connectivity index (χ2n) is 9.70. The molecule has 0 aromatic carbocycles. The largest absolute Gasteiger partial charge is 0.478 e. The topological polar surface area (TPSA) is 17.1 Å². The van der Waals surface area contributed by atoms with Gasteiger partial charge >= 0.3 is 6.98 Å². The molecule has 0 N–H and O–H groups in total. The minimum absolute atomic E-state index is 0.350. The van der Waals surface area contributed by atoms with Crippen LogP contribution in [0.4, 0.5) is 12.9 Å². The monoisotopic (exact) mass is 449 g/mol. The number of carbonyl (C=O) groups excluding carboxylic acids is 1. The van der Waals surface area contributed by atoms with Gasteiger partial charge in [-0.3, -0.25) is 4.79 Å². The molecular weight excluding hydrogens is 398 g/mol. The quantitative estimate of drug-likeness (QED) is 0.117. The zero-order valence-electron chi connectivity index (χ0n) is 21.5. The standard InChI is InChI=1S/C16H36N.C9H15BF3O/c1-5-9-13-17(14-10-6-2,15-11-7-3)16-12-8-4;1-4-6-9(2,3)8(14)5-7-10(11,12)13/h5-16H2,1-4H3;4H,1,5-7H2,2-3H3/q+1;-1. The van der Waals surface area contributed by atoms with Crippen molar-refractivity contribution in [3.63, 3.8) is 0 Å². The Balaban J connectivity index is 0. The average molecular weight is 449 g/mol. The van der Waals surface area contributed by atoms with Crippen LogP contribution in [0.1, 0.15) is 106 Å². The summed E-state index contributed by atoms with van der Waals surface area (Å²) in [4.78, 5) is 11.4. The highest BCUT2D eigenvalue weighted by atomic mass is 19.4. The van der Waals surface area contributed by atoms with E-state index in [1.807, 2.05) is 0 Å². The maximum absolute atomic E-state index is 11.9. The van der Waals surface area contributed by atoms with Gasteiger partial charge in [0.15, 0.2) is 0 Å². The summed E-state index contributed by atoms with van der Waals surface area (Å²) in [7, 11) is 0. The predicted molar refractivity (Wildman–Crippen MR) is 131 cm³/mol. The lowest BCUT2D eigenvalue weighted by molar-refractivity contribution is -0.929. The first kappa shape index (κ1) is 32.4. The number of hydrogen-bond acceptors (Lipinski definition) is 1. The molecule has 0 saturated carbocycles. The van der Waals surface area contributed by atoms with E-state index in [0.717, 1.165) is 0 Å². The van der Waals surface area contributed by atoms with Crippen molar-refractivity contribution >= 4 is 12.8 Å². The van der Waals surface area contributed by atoms with Crippen LogP contribution in [-0.2, 0) is 4.79 Å². The van der Waals surface area contributed by atoms with Gasteiger partial charge in [0.2, 0.25) is 0 Å². The van der Waals surface area contributed by atoms with E-state index in [1.165, 1.54) is 82.0 Å². The van der Waals surface area contributed by atoms with Crippen molar-refractivity contribution in [3.8, 4) is 0 Å². The zero-order valence-corrected chi connectivity index (χ0v) is 21.5. The lowest BCUT2D eigenvalue weighted by Gasteiger charge is -2.39. The van der Waals surface area contributed by atoms with E-state index in [1.54, 1.807) is 19.9 Å². The molecule has 0 fully saturated rings. The molecule has 0 unspecified atom stereocenters. The van der Waals surface area contributed by atoms with Crippen LogP contribution in [-0.4, -0.2) is 43.4 Å². The van der Waals surface area contributed by atoms with Gasteiger partial charge in [0.1, 0.15) is 5.78 Å². The molecule has 6 heteroatoms. The molecule has 0 aromatic heterocycles. The highest BCUT2D eigenvalue weighted by Gasteiger charge is 2.30. The Kier molecular flexibility index (Phi) is 18.5. The Labute approximate surface area is 191 Å². The van der Waals surface area contributed by atoms with Crippen molar-refractivity contribution in [2.45, 2.75) is 112 Å². The van der Waals surface area contributed by atoms with E-state index in [4.69, 9.17) is 0 Å². The van der Waals surface area contributed by atoms with Crippen molar-refractivity contribution in [2.75, 3.05) is 26.2 Å². The first-order valence-corrected chi connectivity index (χ1v) is 12.6. The van der Waals surface area contributed by atoms with Crippen molar-refractivity contribution in [1.82, 2.24) is 0 Å². The molecule has 0 heterocycles. The molecule has 0 aliphatic carbocycles. The summed E-state index contributed by atoms with van der Waals surface area (Å²) in [5.41, 5.74) is -0.719. The summed E-state index contributed by atoms with van der Waals surface area (Å²) in [6.07, 6.45) is 11.6. The Hall–Kier alpha value is -0.775. The molecule has 0 aliphatic heterocycles. The van der Waals surface area contributed by atoms with Gasteiger partial charge < -0.3 is 17.4 Å². The number of carbonyl (C=O) groups is 1. The third-order valence-electron chi connectivity index (χ3n) is 6.05. The van der Waals surface area contributed by atoms with Gasteiger partial charge in [0, 0.05) is 5.41 Å². The fraction of sp³-hybridized carbons (Fsp3) is 0.880. The van der Waals surface area contributed by atoms with Gasteiger partial charge in [-0.15, -0.1) is 6.58 Å². The van der Waals surface area contributed by atoms with Crippen LogP contribution in [0.3, 0.4) is 0 Å². The summed E-state index contributed by atoms with van der Waals surface area (Å²) in [6, 6.07) is 0. The fourth-order valence-electron chi connectivity index (χ4n) is 3.75. The average Bonchev–Trinajstić information content (AvgIpc) is 2.70. The Morgan fingerprint density at radius 3 is 1.45 bits per heavy atom. The van der Waals surface area contributed by atoms with Gasteiger partial charge in [-0.05, 0) is 38.5 Å². The number of quaternary nitrogens is 1. The number of hydrogen-bond donors (Lipinski definition) is 0. The van der Waals surface area contributed by atoms with Crippen LogP contribution in [0.5, 0.6) is 0 Å². The van der Waals surface area contributed by atoms with E-state index in [2.05, 4.69) is 34.3 Å².